The highest BCUT2D eigenvalue weighted by Crippen LogP contribution is 2.27. The van der Waals surface area contributed by atoms with E-state index in [9.17, 15) is 0 Å². The maximum absolute atomic E-state index is 5.81. The molecule has 0 amide bonds. The van der Waals surface area contributed by atoms with Gasteiger partial charge in [-0.25, -0.2) is 4.98 Å². The molecule has 0 saturated carbocycles. The summed E-state index contributed by atoms with van der Waals surface area (Å²) in [7, 11) is 1.90. The third-order valence-electron chi connectivity index (χ3n) is 1.58. The standard InChI is InChI=1S/C8H10Cl2N2S/c1-5(11-2)3-4-6-7(9)12-8(10)13-6/h3-5,11H,1-2H3/b4-3+. The summed E-state index contributed by atoms with van der Waals surface area (Å²) in [5.41, 5.74) is 0. The Morgan fingerprint density at radius 1 is 1.54 bits per heavy atom. The maximum atomic E-state index is 5.81. The molecule has 1 atom stereocenters. The van der Waals surface area contributed by atoms with Crippen LogP contribution in [0.25, 0.3) is 6.08 Å². The Morgan fingerprint density at radius 2 is 2.23 bits per heavy atom. The summed E-state index contributed by atoms with van der Waals surface area (Å²) in [4.78, 5) is 4.79. The number of rotatable bonds is 3. The molecule has 1 aromatic rings. The molecule has 1 aromatic heterocycles. The van der Waals surface area contributed by atoms with Crippen LogP contribution in [0.2, 0.25) is 9.62 Å². The second-order valence-electron chi connectivity index (χ2n) is 2.56. The van der Waals surface area contributed by atoms with Crippen LogP contribution in [0.5, 0.6) is 0 Å². The third-order valence-corrected chi connectivity index (χ3v) is 3.10. The van der Waals surface area contributed by atoms with E-state index >= 15 is 0 Å². The van der Waals surface area contributed by atoms with Gasteiger partial charge in [-0.15, -0.1) is 11.3 Å². The van der Waals surface area contributed by atoms with Gasteiger partial charge in [-0.05, 0) is 20.0 Å². The fourth-order valence-electron chi connectivity index (χ4n) is 0.719. The van der Waals surface area contributed by atoms with Gasteiger partial charge in [0.1, 0.15) is 5.15 Å². The Morgan fingerprint density at radius 3 is 2.69 bits per heavy atom. The second-order valence-corrected chi connectivity index (χ2v) is 4.53. The van der Waals surface area contributed by atoms with Crippen molar-refractivity contribution in [3.8, 4) is 0 Å². The lowest BCUT2D eigenvalue weighted by Gasteiger charge is -2.00. The van der Waals surface area contributed by atoms with Gasteiger partial charge in [0.25, 0.3) is 0 Å². The SMILES string of the molecule is CNC(C)/C=C/c1sc(Cl)nc1Cl. The van der Waals surface area contributed by atoms with Crippen LogP contribution in [0.1, 0.15) is 11.8 Å². The maximum Gasteiger partial charge on any atom is 0.185 e. The fourth-order valence-corrected chi connectivity index (χ4v) is 2.00. The number of nitrogens with zero attached hydrogens (tertiary/aromatic N) is 1. The first-order valence-electron chi connectivity index (χ1n) is 3.80. The first-order chi connectivity index (χ1) is 6.13. The number of aromatic nitrogens is 1. The van der Waals surface area contributed by atoms with E-state index in [-0.39, 0.29) is 0 Å². The summed E-state index contributed by atoms with van der Waals surface area (Å²) in [6, 6.07) is 0.317. The van der Waals surface area contributed by atoms with Crippen molar-refractivity contribution < 1.29 is 0 Å². The van der Waals surface area contributed by atoms with E-state index in [0.29, 0.717) is 15.7 Å². The number of hydrogen-bond acceptors (Lipinski definition) is 3. The highest BCUT2D eigenvalue weighted by atomic mass is 35.5. The normalized spacial score (nSPS) is 13.8. The Balaban J connectivity index is 2.73. The van der Waals surface area contributed by atoms with Crippen molar-refractivity contribution in [2.75, 3.05) is 7.05 Å². The van der Waals surface area contributed by atoms with Crippen molar-refractivity contribution in [2.45, 2.75) is 13.0 Å². The molecule has 5 heteroatoms. The number of likely N-dealkylation sites (N-methyl/N-ethyl adjacent to an activating group) is 1. The largest absolute Gasteiger partial charge is 0.314 e. The van der Waals surface area contributed by atoms with Crippen LogP contribution in [0.4, 0.5) is 0 Å². The minimum Gasteiger partial charge on any atom is -0.314 e. The molecule has 72 valence electrons. The van der Waals surface area contributed by atoms with Crippen LogP contribution in [0.3, 0.4) is 0 Å². The minimum absolute atomic E-state index is 0.317. The molecular formula is C8H10Cl2N2S. The monoisotopic (exact) mass is 236 g/mol. The summed E-state index contributed by atoms with van der Waals surface area (Å²) < 4.78 is 0.474. The zero-order chi connectivity index (χ0) is 9.84. The molecule has 0 aliphatic carbocycles. The fraction of sp³-hybridized carbons (Fsp3) is 0.375. The zero-order valence-electron chi connectivity index (χ0n) is 7.34. The highest BCUT2D eigenvalue weighted by Gasteiger charge is 2.04. The molecule has 0 aromatic carbocycles. The average Bonchev–Trinajstić information content (AvgIpc) is 2.41. The predicted octanol–water partition coefficient (Wildman–Crippen LogP) is 3.07. The van der Waals surface area contributed by atoms with E-state index in [0.717, 1.165) is 4.88 Å². The van der Waals surface area contributed by atoms with Gasteiger partial charge in [-0.3, -0.25) is 0 Å². The molecule has 0 saturated heterocycles. The lowest BCUT2D eigenvalue weighted by Crippen LogP contribution is -2.17. The summed E-state index contributed by atoms with van der Waals surface area (Å²) in [5.74, 6) is 0. The van der Waals surface area contributed by atoms with E-state index in [4.69, 9.17) is 23.2 Å². The molecule has 1 N–H and O–H groups in total. The summed E-state index contributed by atoms with van der Waals surface area (Å²) >= 11 is 12.9. The molecule has 0 spiro atoms. The smallest absolute Gasteiger partial charge is 0.185 e. The quantitative estimate of drug-likeness (QED) is 0.873. The van der Waals surface area contributed by atoms with Gasteiger partial charge in [-0.2, -0.15) is 0 Å². The summed E-state index contributed by atoms with van der Waals surface area (Å²) in [5, 5.41) is 3.55. The number of halogens is 2. The van der Waals surface area contributed by atoms with E-state index < -0.39 is 0 Å². The van der Waals surface area contributed by atoms with Crippen LogP contribution in [-0.2, 0) is 0 Å². The van der Waals surface area contributed by atoms with Crippen LogP contribution in [-0.4, -0.2) is 18.1 Å². The van der Waals surface area contributed by atoms with Crippen LogP contribution in [0.15, 0.2) is 6.08 Å². The molecule has 0 radical (unpaired) electrons. The molecule has 1 heterocycles. The molecule has 1 rings (SSSR count). The van der Waals surface area contributed by atoms with E-state index in [2.05, 4.69) is 10.3 Å². The average molecular weight is 237 g/mol. The van der Waals surface area contributed by atoms with E-state index in [1.165, 1.54) is 11.3 Å². The molecular weight excluding hydrogens is 227 g/mol. The predicted molar refractivity (Wildman–Crippen MR) is 59.7 cm³/mol. The molecule has 0 fully saturated rings. The van der Waals surface area contributed by atoms with Gasteiger partial charge in [0.05, 0.1) is 4.88 Å². The number of nitrogens with one attached hydrogen (secondary N) is 1. The van der Waals surface area contributed by atoms with Crippen molar-refractivity contribution in [2.24, 2.45) is 0 Å². The van der Waals surface area contributed by atoms with E-state index in [1.807, 2.05) is 26.1 Å². The van der Waals surface area contributed by atoms with Gasteiger partial charge >= 0.3 is 0 Å². The minimum atomic E-state index is 0.317. The van der Waals surface area contributed by atoms with E-state index in [1.54, 1.807) is 0 Å². The van der Waals surface area contributed by atoms with Gasteiger partial charge in [-0.1, -0.05) is 29.3 Å². The first-order valence-corrected chi connectivity index (χ1v) is 5.38. The van der Waals surface area contributed by atoms with Gasteiger partial charge < -0.3 is 5.32 Å². The van der Waals surface area contributed by atoms with Gasteiger partial charge in [0, 0.05) is 6.04 Å². The molecule has 0 aliphatic heterocycles. The molecule has 1 unspecified atom stereocenters. The Labute approximate surface area is 91.6 Å². The topological polar surface area (TPSA) is 24.9 Å². The Bertz CT molecular complexity index is 309. The number of thiazole rings is 1. The molecule has 2 nitrogen and oxygen atoms in total. The third kappa shape index (κ3) is 3.27. The molecule has 13 heavy (non-hydrogen) atoms. The lowest BCUT2D eigenvalue weighted by atomic mass is 10.3. The molecule has 0 bridgehead atoms. The first kappa shape index (κ1) is 11.0. The van der Waals surface area contributed by atoms with Crippen molar-refractivity contribution in [1.82, 2.24) is 10.3 Å². The molecule has 0 aliphatic rings. The Kier molecular flexibility index (Phi) is 4.19. The lowest BCUT2D eigenvalue weighted by molar-refractivity contribution is 0.732. The van der Waals surface area contributed by atoms with Crippen LogP contribution < -0.4 is 5.32 Å². The number of hydrogen-bond donors (Lipinski definition) is 1. The van der Waals surface area contributed by atoms with Gasteiger partial charge in [0.2, 0.25) is 0 Å². The van der Waals surface area contributed by atoms with Gasteiger partial charge in [0.15, 0.2) is 4.47 Å². The highest BCUT2D eigenvalue weighted by molar-refractivity contribution is 7.17. The second kappa shape index (κ2) is 4.96. The summed E-state index contributed by atoms with van der Waals surface area (Å²) in [6.45, 7) is 2.05. The van der Waals surface area contributed by atoms with Crippen molar-refractivity contribution in [3.05, 3.63) is 20.6 Å². The zero-order valence-corrected chi connectivity index (χ0v) is 9.67. The Hall–Kier alpha value is -0.0900. The van der Waals surface area contributed by atoms with Crippen molar-refractivity contribution in [1.29, 1.82) is 0 Å². The van der Waals surface area contributed by atoms with Crippen LogP contribution in [0, 0.1) is 0 Å². The van der Waals surface area contributed by atoms with Crippen molar-refractivity contribution in [3.63, 3.8) is 0 Å². The van der Waals surface area contributed by atoms with Crippen molar-refractivity contribution >= 4 is 40.6 Å². The van der Waals surface area contributed by atoms with Crippen LogP contribution >= 0.6 is 34.5 Å². The summed E-state index contributed by atoms with van der Waals surface area (Å²) in [6.07, 6.45) is 3.93.